The molecule has 0 aliphatic heterocycles. The van der Waals surface area contributed by atoms with Crippen molar-refractivity contribution in [2.45, 2.75) is 19.4 Å². The second-order valence-electron chi connectivity index (χ2n) is 6.28. The van der Waals surface area contributed by atoms with E-state index in [4.69, 9.17) is 4.74 Å². The zero-order valence-corrected chi connectivity index (χ0v) is 16.1. The number of benzene rings is 1. The monoisotopic (exact) mass is 392 g/mol. The van der Waals surface area contributed by atoms with Gasteiger partial charge in [0, 0.05) is 24.5 Å². The highest BCUT2D eigenvalue weighted by Gasteiger charge is 2.09. The Kier molecular flexibility index (Phi) is 5.63. The number of hydrogen-bond donors (Lipinski definition) is 1. The van der Waals surface area contributed by atoms with Crippen LogP contribution in [-0.4, -0.2) is 26.8 Å². The molecule has 1 amide bonds. The molecule has 0 saturated heterocycles. The summed E-state index contributed by atoms with van der Waals surface area (Å²) in [7, 11) is 0. The molecule has 0 aliphatic carbocycles. The second kappa shape index (κ2) is 8.67. The molecule has 3 heterocycles. The minimum absolute atomic E-state index is 0.0401. The number of rotatable bonds is 8. The summed E-state index contributed by atoms with van der Waals surface area (Å²) in [5, 5.41) is 5.71. The predicted octanol–water partition coefficient (Wildman–Crippen LogP) is 3.27. The van der Waals surface area contributed by atoms with Crippen LogP contribution in [0.25, 0.3) is 5.52 Å². The van der Waals surface area contributed by atoms with Gasteiger partial charge < -0.3 is 14.5 Å². The maximum Gasteiger partial charge on any atom is 0.226 e. The van der Waals surface area contributed by atoms with E-state index in [0.29, 0.717) is 19.6 Å². The van der Waals surface area contributed by atoms with Crippen LogP contribution >= 0.6 is 11.3 Å². The minimum Gasteiger partial charge on any atom is -0.486 e. The van der Waals surface area contributed by atoms with Crippen LogP contribution in [0.5, 0.6) is 5.75 Å². The van der Waals surface area contributed by atoms with Gasteiger partial charge in [0.2, 0.25) is 5.91 Å². The molecule has 0 saturated carbocycles. The molecule has 3 aromatic heterocycles. The maximum absolute atomic E-state index is 12.2. The van der Waals surface area contributed by atoms with Gasteiger partial charge in [-0.2, -0.15) is 0 Å². The normalized spacial score (nSPS) is 10.9. The zero-order chi connectivity index (χ0) is 19.2. The average molecular weight is 392 g/mol. The van der Waals surface area contributed by atoms with Gasteiger partial charge in [0.05, 0.1) is 23.8 Å². The smallest absolute Gasteiger partial charge is 0.226 e. The zero-order valence-electron chi connectivity index (χ0n) is 15.2. The lowest BCUT2D eigenvalue weighted by Gasteiger charge is -2.04. The molecule has 0 bridgehead atoms. The van der Waals surface area contributed by atoms with Gasteiger partial charge in [-0.3, -0.25) is 4.79 Å². The molecule has 0 spiro atoms. The number of para-hydroxylation sites is 1. The number of carbonyl (C=O) groups excluding carboxylic acids is 1. The lowest BCUT2D eigenvalue weighted by Crippen LogP contribution is -2.27. The van der Waals surface area contributed by atoms with Crippen LogP contribution in [0.2, 0.25) is 0 Å². The van der Waals surface area contributed by atoms with Gasteiger partial charge >= 0.3 is 0 Å². The topological polar surface area (TPSA) is 68.5 Å². The van der Waals surface area contributed by atoms with E-state index in [1.54, 1.807) is 0 Å². The van der Waals surface area contributed by atoms with E-state index in [9.17, 15) is 4.79 Å². The predicted molar refractivity (Wildman–Crippen MR) is 108 cm³/mol. The summed E-state index contributed by atoms with van der Waals surface area (Å²) in [6.45, 7) is 0.949. The Morgan fingerprint density at radius 1 is 1.14 bits per heavy atom. The summed E-state index contributed by atoms with van der Waals surface area (Å²) in [4.78, 5) is 21.1. The summed E-state index contributed by atoms with van der Waals surface area (Å²) < 4.78 is 7.72. The number of nitrogens with one attached hydrogen (secondary N) is 1. The molecule has 0 fully saturated rings. The first-order valence-corrected chi connectivity index (χ1v) is 9.95. The van der Waals surface area contributed by atoms with Crippen molar-refractivity contribution >= 4 is 22.8 Å². The van der Waals surface area contributed by atoms with Gasteiger partial charge in [-0.1, -0.05) is 24.3 Å². The number of hydrogen-bond acceptors (Lipinski definition) is 5. The maximum atomic E-state index is 12.2. The molecule has 0 unspecified atom stereocenters. The number of ether oxygens (including phenoxy) is 1. The van der Waals surface area contributed by atoms with Gasteiger partial charge in [0.25, 0.3) is 0 Å². The molecule has 1 N–H and O–H groups in total. The number of amides is 1. The Morgan fingerprint density at radius 3 is 2.89 bits per heavy atom. The third-order valence-corrected chi connectivity index (χ3v) is 5.10. The first-order chi connectivity index (χ1) is 13.8. The van der Waals surface area contributed by atoms with Crippen LogP contribution in [0.4, 0.5) is 0 Å². The van der Waals surface area contributed by atoms with Gasteiger partial charge in [-0.05, 0) is 24.3 Å². The van der Waals surface area contributed by atoms with Gasteiger partial charge in [0.15, 0.2) is 0 Å². The molecular weight excluding hydrogens is 372 g/mol. The fourth-order valence-electron chi connectivity index (χ4n) is 2.88. The number of fused-ring (bicyclic) bond motifs is 1. The summed E-state index contributed by atoms with van der Waals surface area (Å²) in [5.74, 6) is 1.70. The third-order valence-electron chi connectivity index (χ3n) is 4.23. The first kappa shape index (κ1) is 18.2. The summed E-state index contributed by atoms with van der Waals surface area (Å²) in [6, 6.07) is 15.6. The summed E-state index contributed by atoms with van der Waals surface area (Å²) in [6.07, 6.45) is 4.76. The Balaban J connectivity index is 1.23. The highest BCUT2D eigenvalue weighted by atomic mass is 32.1. The molecule has 4 aromatic rings. The van der Waals surface area contributed by atoms with Crippen LogP contribution in [0.15, 0.2) is 66.3 Å². The molecule has 4 rings (SSSR count). The molecule has 0 atom stereocenters. The van der Waals surface area contributed by atoms with Crippen LogP contribution in [0.3, 0.4) is 0 Å². The van der Waals surface area contributed by atoms with Crippen molar-refractivity contribution in [2.24, 2.45) is 0 Å². The van der Waals surface area contributed by atoms with E-state index < -0.39 is 0 Å². The van der Waals surface area contributed by atoms with Gasteiger partial charge in [0.1, 0.15) is 23.2 Å². The Hall–Kier alpha value is -3.19. The van der Waals surface area contributed by atoms with Crippen LogP contribution in [-0.2, 0) is 24.2 Å². The lowest BCUT2D eigenvalue weighted by atomic mass is 10.3. The molecule has 0 aliphatic rings. The van der Waals surface area contributed by atoms with Crippen LogP contribution in [0, 0.1) is 0 Å². The van der Waals surface area contributed by atoms with Crippen molar-refractivity contribution in [2.75, 3.05) is 6.54 Å². The number of thiazole rings is 1. The Morgan fingerprint density at radius 2 is 2.00 bits per heavy atom. The quantitative estimate of drug-likeness (QED) is 0.500. The molecule has 28 heavy (non-hydrogen) atoms. The standard InChI is InChI=1S/C21H20N4O2S/c26-20(22-10-9-19-23-13-17-6-4-5-11-25(17)19)12-16-15-28-21(24-16)14-27-18-7-2-1-3-8-18/h1-8,11,13,15H,9-10,12,14H2,(H,22,26). The van der Waals surface area contributed by atoms with Crippen molar-refractivity contribution in [3.8, 4) is 5.75 Å². The van der Waals surface area contributed by atoms with E-state index in [-0.39, 0.29) is 12.3 Å². The second-order valence-corrected chi connectivity index (χ2v) is 7.22. The first-order valence-electron chi connectivity index (χ1n) is 9.07. The van der Waals surface area contributed by atoms with E-state index >= 15 is 0 Å². The van der Waals surface area contributed by atoms with Crippen molar-refractivity contribution in [1.29, 1.82) is 0 Å². The summed E-state index contributed by atoms with van der Waals surface area (Å²) in [5.41, 5.74) is 1.82. The SMILES string of the molecule is O=C(Cc1csc(COc2ccccc2)n1)NCCc1ncc2ccccn12. The highest BCUT2D eigenvalue weighted by Crippen LogP contribution is 2.15. The minimum atomic E-state index is -0.0401. The molecule has 6 nitrogen and oxygen atoms in total. The fraction of sp³-hybridized carbons (Fsp3) is 0.190. The van der Waals surface area contributed by atoms with Crippen molar-refractivity contribution < 1.29 is 9.53 Å². The van der Waals surface area contributed by atoms with E-state index in [1.807, 2.05) is 70.7 Å². The molecule has 0 radical (unpaired) electrons. The van der Waals surface area contributed by atoms with Crippen molar-refractivity contribution in [3.05, 3.63) is 82.8 Å². The Labute approximate surface area is 166 Å². The largest absolute Gasteiger partial charge is 0.486 e. The Bertz CT molecular complexity index is 1060. The van der Waals surface area contributed by atoms with E-state index in [0.717, 1.165) is 27.8 Å². The summed E-state index contributed by atoms with van der Waals surface area (Å²) >= 11 is 1.50. The number of aromatic nitrogens is 3. The fourth-order valence-corrected chi connectivity index (χ4v) is 3.59. The number of carbonyl (C=O) groups is 1. The highest BCUT2D eigenvalue weighted by molar-refractivity contribution is 7.09. The van der Waals surface area contributed by atoms with E-state index in [1.165, 1.54) is 11.3 Å². The number of nitrogens with zero attached hydrogens (tertiary/aromatic N) is 3. The van der Waals surface area contributed by atoms with Crippen LogP contribution < -0.4 is 10.1 Å². The molecular formula is C21H20N4O2S. The van der Waals surface area contributed by atoms with Gasteiger partial charge in [-0.25, -0.2) is 9.97 Å². The molecule has 1 aromatic carbocycles. The molecule has 7 heteroatoms. The van der Waals surface area contributed by atoms with Crippen molar-refractivity contribution in [1.82, 2.24) is 19.7 Å². The lowest BCUT2D eigenvalue weighted by molar-refractivity contribution is -0.120. The average Bonchev–Trinajstić information content (AvgIpc) is 3.34. The number of imidazole rings is 1. The van der Waals surface area contributed by atoms with Crippen molar-refractivity contribution in [3.63, 3.8) is 0 Å². The van der Waals surface area contributed by atoms with Gasteiger partial charge in [-0.15, -0.1) is 11.3 Å². The molecule has 142 valence electrons. The number of pyridine rings is 1. The van der Waals surface area contributed by atoms with Crippen LogP contribution in [0.1, 0.15) is 16.5 Å². The van der Waals surface area contributed by atoms with E-state index in [2.05, 4.69) is 15.3 Å². The third kappa shape index (κ3) is 4.55.